The zero-order chi connectivity index (χ0) is 14.5. The molecule has 0 aromatic carbocycles. The molecule has 20 heavy (non-hydrogen) atoms. The summed E-state index contributed by atoms with van der Waals surface area (Å²) >= 11 is 0. The van der Waals surface area contributed by atoms with Crippen LogP contribution in [0.4, 0.5) is 0 Å². The molecule has 0 aliphatic carbocycles. The molecule has 0 aliphatic rings. The second kappa shape index (κ2) is 12.0. The van der Waals surface area contributed by atoms with Gasteiger partial charge in [0.1, 0.15) is 0 Å². The lowest BCUT2D eigenvalue weighted by atomic mass is 9.91. The van der Waals surface area contributed by atoms with Crippen molar-refractivity contribution in [2.24, 2.45) is 0 Å². The highest BCUT2D eigenvalue weighted by molar-refractivity contribution is 5.05. The summed E-state index contributed by atoms with van der Waals surface area (Å²) in [5.74, 6) is 0.685. The van der Waals surface area contributed by atoms with Crippen LogP contribution in [0, 0.1) is 0 Å². The topological polar surface area (TPSA) is 28.7 Å². The minimum Gasteiger partial charge on any atom is -0.285 e. The summed E-state index contributed by atoms with van der Waals surface area (Å²) in [4.78, 5) is 0. The Hall–Kier alpha value is -0.790. The van der Waals surface area contributed by atoms with Crippen molar-refractivity contribution in [3.63, 3.8) is 0 Å². The van der Waals surface area contributed by atoms with Gasteiger partial charge >= 0.3 is 0 Å². The first kappa shape index (κ1) is 17.3. The van der Waals surface area contributed by atoms with E-state index in [-0.39, 0.29) is 0 Å². The minimum atomic E-state index is 0.685. The number of hydrogen-bond acceptors (Lipinski definition) is 1. The first-order valence-corrected chi connectivity index (χ1v) is 8.88. The second-order valence-corrected chi connectivity index (χ2v) is 6.10. The molecule has 1 rings (SSSR count). The van der Waals surface area contributed by atoms with Crippen LogP contribution in [-0.4, -0.2) is 10.2 Å². The zero-order valence-electron chi connectivity index (χ0n) is 13.7. The molecule has 116 valence electrons. The van der Waals surface area contributed by atoms with Gasteiger partial charge in [-0.2, -0.15) is 5.10 Å². The third-order valence-corrected chi connectivity index (χ3v) is 4.25. The Bertz CT molecular complexity index is 278. The molecule has 0 amide bonds. The van der Waals surface area contributed by atoms with Crippen LogP contribution in [0.3, 0.4) is 0 Å². The fourth-order valence-corrected chi connectivity index (χ4v) is 2.93. The Labute approximate surface area is 125 Å². The molecule has 0 saturated carbocycles. The molecule has 0 fully saturated rings. The van der Waals surface area contributed by atoms with Gasteiger partial charge in [0, 0.05) is 12.1 Å². The van der Waals surface area contributed by atoms with E-state index in [0.717, 1.165) is 0 Å². The van der Waals surface area contributed by atoms with Gasteiger partial charge in [0.15, 0.2) is 0 Å². The van der Waals surface area contributed by atoms with Gasteiger partial charge in [0.05, 0.1) is 5.69 Å². The van der Waals surface area contributed by atoms with Gasteiger partial charge in [0.2, 0.25) is 0 Å². The molecule has 2 heteroatoms. The molecule has 0 spiro atoms. The van der Waals surface area contributed by atoms with Gasteiger partial charge in [-0.05, 0) is 18.9 Å². The summed E-state index contributed by atoms with van der Waals surface area (Å²) in [5.41, 5.74) is 1.29. The minimum absolute atomic E-state index is 0.685. The van der Waals surface area contributed by atoms with Crippen LogP contribution in [0.5, 0.6) is 0 Å². The third kappa shape index (κ3) is 7.72. The predicted octanol–water partition coefficient (Wildman–Crippen LogP) is 6.21. The molecule has 1 N–H and O–H groups in total. The lowest BCUT2D eigenvalue weighted by Gasteiger charge is -2.14. The summed E-state index contributed by atoms with van der Waals surface area (Å²) in [5, 5.41) is 7.40. The van der Waals surface area contributed by atoms with Crippen molar-refractivity contribution in [3.8, 4) is 0 Å². The van der Waals surface area contributed by atoms with Crippen LogP contribution in [0.2, 0.25) is 0 Å². The maximum Gasteiger partial charge on any atom is 0.0652 e. The highest BCUT2D eigenvalue weighted by Crippen LogP contribution is 2.27. The molecule has 0 aliphatic heterocycles. The number of nitrogens with one attached hydrogen (secondary N) is 1. The number of rotatable bonds is 13. The van der Waals surface area contributed by atoms with E-state index in [0.29, 0.717) is 5.92 Å². The molecule has 1 aromatic rings. The van der Waals surface area contributed by atoms with Crippen LogP contribution in [0.15, 0.2) is 12.3 Å². The van der Waals surface area contributed by atoms with E-state index in [2.05, 4.69) is 30.1 Å². The number of aromatic nitrogens is 2. The monoisotopic (exact) mass is 278 g/mol. The van der Waals surface area contributed by atoms with E-state index in [1.165, 1.54) is 82.7 Å². The average Bonchev–Trinajstić information content (AvgIpc) is 2.98. The second-order valence-electron chi connectivity index (χ2n) is 6.10. The maximum atomic E-state index is 4.42. The van der Waals surface area contributed by atoms with Crippen LogP contribution in [0.1, 0.15) is 103 Å². The third-order valence-electron chi connectivity index (χ3n) is 4.25. The van der Waals surface area contributed by atoms with E-state index in [9.17, 15) is 0 Å². The Morgan fingerprint density at radius 2 is 1.40 bits per heavy atom. The maximum absolute atomic E-state index is 4.42. The summed E-state index contributed by atoms with van der Waals surface area (Å²) in [6.45, 7) is 4.56. The lowest BCUT2D eigenvalue weighted by molar-refractivity contribution is 0.483. The normalized spacial score (nSPS) is 11.3. The first-order valence-electron chi connectivity index (χ1n) is 8.88. The predicted molar refractivity (Wildman–Crippen MR) is 88.1 cm³/mol. The number of unbranched alkanes of at least 4 members (excludes halogenated alkanes) is 8. The van der Waals surface area contributed by atoms with E-state index < -0.39 is 0 Å². The Kier molecular flexibility index (Phi) is 10.3. The zero-order valence-corrected chi connectivity index (χ0v) is 13.7. The molecule has 1 aromatic heterocycles. The van der Waals surface area contributed by atoms with E-state index >= 15 is 0 Å². The highest BCUT2D eigenvalue weighted by Gasteiger charge is 2.12. The van der Waals surface area contributed by atoms with Crippen molar-refractivity contribution < 1.29 is 0 Å². The number of nitrogens with zero attached hydrogens (tertiary/aromatic N) is 1. The molecule has 0 atom stereocenters. The fourth-order valence-electron chi connectivity index (χ4n) is 2.93. The van der Waals surface area contributed by atoms with Crippen LogP contribution in [0.25, 0.3) is 0 Å². The molecular formula is C18H34N2. The molecule has 0 unspecified atom stereocenters. The van der Waals surface area contributed by atoms with Crippen molar-refractivity contribution in [1.82, 2.24) is 10.2 Å². The van der Waals surface area contributed by atoms with Crippen molar-refractivity contribution in [1.29, 1.82) is 0 Å². The largest absolute Gasteiger partial charge is 0.285 e. The number of hydrogen-bond donors (Lipinski definition) is 1. The smallest absolute Gasteiger partial charge is 0.0652 e. The van der Waals surface area contributed by atoms with Gasteiger partial charge in [-0.15, -0.1) is 0 Å². The Morgan fingerprint density at radius 1 is 0.850 bits per heavy atom. The van der Waals surface area contributed by atoms with Gasteiger partial charge in [-0.3, -0.25) is 5.10 Å². The van der Waals surface area contributed by atoms with E-state index in [1.807, 2.05) is 6.20 Å². The summed E-state index contributed by atoms with van der Waals surface area (Å²) < 4.78 is 0. The van der Waals surface area contributed by atoms with Gasteiger partial charge in [-0.25, -0.2) is 0 Å². The SMILES string of the molecule is CCCCCCCC(CCCCCCC)c1cc[nH]n1. The Morgan fingerprint density at radius 3 is 1.85 bits per heavy atom. The highest BCUT2D eigenvalue weighted by atomic mass is 15.1. The average molecular weight is 278 g/mol. The van der Waals surface area contributed by atoms with Crippen LogP contribution < -0.4 is 0 Å². The molecule has 0 radical (unpaired) electrons. The molecule has 0 saturated heterocycles. The lowest BCUT2D eigenvalue weighted by Crippen LogP contribution is -2.00. The van der Waals surface area contributed by atoms with E-state index in [1.54, 1.807) is 0 Å². The first-order chi connectivity index (χ1) is 9.88. The van der Waals surface area contributed by atoms with Crippen molar-refractivity contribution >= 4 is 0 Å². The summed E-state index contributed by atoms with van der Waals surface area (Å²) in [7, 11) is 0. The van der Waals surface area contributed by atoms with Crippen LogP contribution >= 0.6 is 0 Å². The Balaban J connectivity index is 2.22. The van der Waals surface area contributed by atoms with Crippen molar-refractivity contribution in [3.05, 3.63) is 18.0 Å². The quantitative estimate of drug-likeness (QED) is 0.427. The van der Waals surface area contributed by atoms with Crippen LogP contribution in [-0.2, 0) is 0 Å². The molecule has 2 nitrogen and oxygen atoms in total. The fraction of sp³-hybridized carbons (Fsp3) is 0.833. The van der Waals surface area contributed by atoms with Gasteiger partial charge in [0.25, 0.3) is 0 Å². The molecule has 1 heterocycles. The summed E-state index contributed by atoms with van der Waals surface area (Å²) in [6.07, 6.45) is 18.4. The number of aromatic amines is 1. The standard InChI is InChI=1S/C18H34N2/c1-3-5-7-9-11-13-17(18-15-16-19-20-18)14-12-10-8-6-4-2/h15-17H,3-14H2,1-2H3,(H,19,20). The number of H-pyrrole nitrogens is 1. The van der Waals surface area contributed by atoms with Gasteiger partial charge < -0.3 is 0 Å². The summed E-state index contributed by atoms with van der Waals surface area (Å²) in [6, 6.07) is 2.17. The van der Waals surface area contributed by atoms with Crippen molar-refractivity contribution in [2.45, 2.75) is 96.8 Å². The van der Waals surface area contributed by atoms with Gasteiger partial charge in [-0.1, -0.05) is 78.1 Å². The molecule has 0 bridgehead atoms. The molecular weight excluding hydrogens is 244 g/mol. The van der Waals surface area contributed by atoms with E-state index in [4.69, 9.17) is 0 Å². The van der Waals surface area contributed by atoms with Crippen molar-refractivity contribution in [2.75, 3.05) is 0 Å².